The van der Waals surface area contributed by atoms with Crippen molar-refractivity contribution in [1.29, 1.82) is 0 Å². The van der Waals surface area contributed by atoms with E-state index < -0.39 is 16.1 Å². The number of hydrogen-bond donors (Lipinski definition) is 1. The van der Waals surface area contributed by atoms with Crippen molar-refractivity contribution in [2.24, 2.45) is 5.92 Å². The van der Waals surface area contributed by atoms with Crippen LogP contribution in [0.3, 0.4) is 0 Å². The van der Waals surface area contributed by atoms with Gasteiger partial charge in [-0.15, -0.1) is 0 Å². The Labute approximate surface area is 247 Å². The molecule has 0 aromatic heterocycles. The Morgan fingerprint density at radius 3 is 2.43 bits per heavy atom. The molecule has 2 aliphatic rings. The predicted octanol–water partition coefficient (Wildman–Crippen LogP) is 3.95. The minimum atomic E-state index is -3.71. The van der Waals surface area contributed by atoms with Crippen LogP contribution in [0.5, 0.6) is 11.5 Å². The van der Waals surface area contributed by atoms with Crippen molar-refractivity contribution in [3.8, 4) is 11.5 Å². The van der Waals surface area contributed by atoms with Gasteiger partial charge in [0.05, 0.1) is 23.7 Å². The zero-order chi connectivity index (χ0) is 29.7. The summed E-state index contributed by atoms with van der Waals surface area (Å²) in [5.41, 5.74) is 2.50. The lowest BCUT2D eigenvalue weighted by atomic mass is 9.95. The number of amides is 2. The molecule has 0 spiro atoms. The molecule has 0 aliphatic carbocycles. The number of sulfonamides is 1. The highest BCUT2D eigenvalue weighted by molar-refractivity contribution is 7.89. The molecule has 0 saturated carbocycles. The summed E-state index contributed by atoms with van der Waals surface area (Å²) in [7, 11) is -3.71. The van der Waals surface area contributed by atoms with E-state index in [0.29, 0.717) is 49.6 Å². The molecule has 3 aromatic rings. The average Bonchev–Trinajstić information content (AvgIpc) is 3.01. The maximum absolute atomic E-state index is 13.8. The van der Waals surface area contributed by atoms with Gasteiger partial charge in [0.25, 0.3) is 5.91 Å². The second kappa shape index (κ2) is 13.0. The Kier molecular flexibility index (Phi) is 9.13. The molecule has 1 fully saturated rings. The van der Waals surface area contributed by atoms with Crippen LogP contribution < -0.4 is 19.7 Å². The molecule has 2 heterocycles. The summed E-state index contributed by atoms with van der Waals surface area (Å²) < 4.78 is 39.7. The zero-order valence-electron chi connectivity index (χ0n) is 24.0. The normalized spacial score (nSPS) is 17.7. The minimum Gasteiger partial charge on any atom is -0.494 e. The summed E-state index contributed by atoms with van der Waals surface area (Å²) in [6.07, 6.45) is 0.627. The first kappa shape index (κ1) is 29.6. The number of anilines is 1. The Bertz CT molecular complexity index is 1520. The Hall–Kier alpha value is -3.89. The van der Waals surface area contributed by atoms with E-state index >= 15 is 0 Å². The quantitative estimate of drug-likeness (QED) is 0.404. The van der Waals surface area contributed by atoms with Crippen molar-refractivity contribution >= 4 is 27.5 Å². The third kappa shape index (κ3) is 6.44. The topological polar surface area (TPSA) is 105 Å². The van der Waals surface area contributed by atoms with Gasteiger partial charge in [0.2, 0.25) is 15.9 Å². The van der Waals surface area contributed by atoms with Gasteiger partial charge < -0.3 is 19.7 Å². The van der Waals surface area contributed by atoms with Gasteiger partial charge >= 0.3 is 0 Å². The fourth-order valence-electron chi connectivity index (χ4n) is 5.48. The lowest BCUT2D eigenvalue weighted by Gasteiger charge is -2.38. The van der Waals surface area contributed by atoms with Gasteiger partial charge in [-0.3, -0.25) is 9.59 Å². The van der Waals surface area contributed by atoms with E-state index in [-0.39, 0.29) is 42.3 Å². The van der Waals surface area contributed by atoms with E-state index in [1.807, 2.05) is 62.4 Å². The molecule has 2 aliphatic heterocycles. The fourth-order valence-corrected chi connectivity index (χ4v) is 7.04. The van der Waals surface area contributed by atoms with Crippen LogP contribution >= 0.6 is 0 Å². The number of para-hydroxylation sites is 2. The Morgan fingerprint density at radius 2 is 1.71 bits per heavy atom. The SMILES string of the molecule is CCOc1ccc(S(=O)(=O)N2CCC(C(=O)N3C[C@H](C(=O)NCCc4ccccc4)Oc4ccccc43)CC2)cc1C. The lowest BCUT2D eigenvalue weighted by molar-refractivity contribution is -0.129. The van der Waals surface area contributed by atoms with Crippen molar-refractivity contribution in [3.63, 3.8) is 0 Å². The summed E-state index contributed by atoms with van der Waals surface area (Å²) >= 11 is 0. The summed E-state index contributed by atoms with van der Waals surface area (Å²) in [6, 6.07) is 22.0. The lowest BCUT2D eigenvalue weighted by Crippen LogP contribution is -2.53. The average molecular weight is 592 g/mol. The molecular formula is C32H37N3O6S. The molecule has 9 nitrogen and oxygen atoms in total. The van der Waals surface area contributed by atoms with E-state index in [2.05, 4.69) is 5.32 Å². The summed E-state index contributed by atoms with van der Waals surface area (Å²) in [5, 5.41) is 2.94. The van der Waals surface area contributed by atoms with Gasteiger partial charge in [-0.1, -0.05) is 42.5 Å². The number of ether oxygens (including phenoxy) is 2. The summed E-state index contributed by atoms with van der Waals surface area (Å²) in [5.74, 6) is 0.374. The molecule has 1 atom stereocenters. The van der Waals surface area contributed by atoms with Crippen molar-refractivity contribution in [3.05, 3.63) is 83.9 Å². The van der Waals surface area contributed by atoms with Crippen LogP contribution in [0.4, 0.5) is 5.69 Å². The molecule has 0 bridgehead atoms. The molecule has 222 valence electrons. The van der Waals surface area contributed by atoms with E-state index in [4.69, 9.17) is 9.47 Å². The van der Waals surface area contributed by atoms with Gasteiger partial charge in [-0.25, -0.2) is 8.42 Å². The standard InChI is InChI=1S/C32H37N3O6S/c1-3-40-28-14-13-26(21-23(28)2)42(38,39)34-19-16-25(17-20-34)32(37)35-22-30(41-29-12-8-7-11-27(29)35)31(36)33-18-15-24-9-5-4-6-10-24/h4-14,21,25,30H,3,15-20,22H2,1-2H3,(H,33,36)/t30-/m1/s1. The van der Waals surface area contributed by atoms with Gasteiger partial charge in [-0.05, 0) is 74.6 Å². The number of carbonyl (C=O) groups is 2. The molecule has 5 rings (SSSR count). The predicted molar refractivity (Wildman–Crippen MR) is 160 cm³/mol. The van der Waals surface area contributed by atoms with Gasteiger partial charge in [-0.2, -0.15) is 4.31 Å². The van der Waals surface area contributed by atoms with E-state index in [0.717, 1.165) is 11.1 Å². The van der Waals surface area contributed by atoms with Crippen LogP contribution in [-0.2, 0) is 26.0 Å². The minimum absolute atomic E-state index is 0.0942. The number of nitrogens with one attached hydrogen (secondary N) is 1. The van der Waals surface area contributed by atoms with Crippen LogP contribution in [-0.4, -0.2) is 63.4 Å². The smallest absolute Gasteiger partial charge is 0.262 e. The second-order valence-electron chi connectivity index (χ2n) is 10.6. The third-order valence-electron chi connectivity index (χ3n) is 7.78. The van der Waals surface area contributed by atoms with Crippen molar-refractivity contribution in [2.75, 3.05) is 37.7 Å². The largest absolute Gasteiger partial charge is 0.494 e. The van der Waals surface area contributed by atoms with Gasteiger partial charge in [0.15, 0.2) is 6.10 Å². The maximum atomic E-state index is 13.8. The number of carbonyl (C=O) groups excluding carboxylic acids is 2. The first-order chi connectivity index (χ1) is 20.3. The number of fused-ring (bicyclic) bond motifs is 1. The number of benzene rings is 3. The molecule has 3 aromatic carbocycles. The monoisotopic (exact) mass is 591 g/mol. The highest BCUT2D eigenvalue weighted by atomic mass is 32.2. The van der Waals surface area contributed by atoms with E-state index in [1.165, 1.54) is 4.31 Å². The third-order valence-corrected chi connectivity index (χ3v) is 9.67. The highest BCUT2D eigenvalue weighted by Crippen LogP contribution is 2.36. The Balaban J connectivity index is 1.23. The molecule has 2 amide bonds. The molecule has 0 unspecified atom stereocenters. The molecule has 42 heavy (non-hydrogen) atoms. The summed E-state index contributed by atoms with van der Waals surface area (Å²) in [4.78, 5) is 28.7. The molecular weight excluding hydrogens is 554 g/mol. The number of piperidine rings is 1. The molecule has 0 radical (unpaired) electrons. The van der Waals surface area contributed by atoms with Gasteiger partial charge in [0, 0.05) is 25.6 Å². The fraction of sp³-hybridized carbons (Fsp3) is 0.375. The van der Waals surface area contributed by atoms with Crippen molar-refractivity contribution in [1.82, 2.24) is 9.62 Å². The first-order valence-electron chi connectivity index (χ1n) is 14.4. The molecule has 1 saturated heterocycles. The number of rotatable bonds is 9. The summed E-state index contributed by atoms with van der Waals surface area (Å²) in [6.45, 7) is 5.23. The number of aryl methyl sites for hydroxylation is 1. The highest BCUT2D eigenvalue weighted by Gasteiger charge is 2.39. The molecule has 1 N–H and O–H groups in total. The molecule has 10 heteroatoms. The number of hydrogen-bond acceptors (Lipinski definition) is 6. The van der Waals surface area contributed by atoms with E-state index in [1.54, 1.807) is 29.2 Å². The van der Waals surface area contributed by atoms with Crippen LogP contribution in [0.15, 0.2) is 77.7 Å². The second-order valence-corrected chi connectivity index (χ2v) is 12.5. The van der Waals surface area contributed by atoms with Crippen LogP contribution in [0, 0.1) is 12.8 Å². The first-order valence-corrected chi connectivity index (χ1v) is 15.8. The number of nitrogens with zero attached hydrogens (tertiary/aromatic N) is 2. The van der Waals surface area contributed by atoms with Gasteiger partial charge in [0.1, 0.15) is 11.5 Å². The van der Waals surface area contributed by atoms with Crippen molar-refractivity contribution in [2.45, 2.75) is 44.1 Å². The van der Waals surface area contributed by atoms with Crippen molar-refractivity contribution < 1.29 is 27.5 Å². The van der Waals surface area contributed by atoms with Crippen LogP contribution in [0.1, 0.15) is 30.9 Å². The zero-order valence-corrected chi connectivity index (χ0v) is 24.8. The van der Waals surface area contributed by atoms with Crippen LogP contribution in [0.2, 0.25) is 0 Å². The maximum Gasteiger partial charge on any atom is 0.262 e. The van der Waals surface area contributed by atoms with E-state index in [9.17, 15) is 18.0 Å². The Morgan fingerprint density at radius 1 is 1.00 bits per heavy atom. The van der Waals surface area contributed by atoms with Crippen LogP contribution in [0.25, 0.3) is 0 Å².